The summed E-state index contributed by atoms with van der Waals surface area (Å²) in [6.07, 6.45) is 2.40. The number of aromatic nitrogens is 3. The van der Waals surface area contributed by atoms with Crippen LogP contribution in [-0.2, 0) is 0 Å². The van der Waals surface area contributed by atoms with Crippen LogP contribution in [0, 0.1) is 0 Å². The summed E-state index contributed by atoms with van der Waals surface area (Å²) >= 11 is 1.63. The van der Waals surface area contributed by atoms with Gasteiger partial charge in [0.05, 0.1) is 5.69 Å². The zero-order valence-electron chi connectivity index (χ0n) is 14.2. The number of nitrogens with zero attached hydrogens (tertiary/aromatic N) is 3. The molecule has 0 spiro atoms. The number of ether oxygens (including phenoxy) is 2. The van der Waals surface area contributed by atoms with E-state index in [4.69, 9.17) is 19.6 Å². The van der Waals surface area contributed by atoms with Gasteiger partial charge in [0.15, 0.2) is 11.5 Å². The second-order valence-electron chi connectivity index (χ2n) is 6.58. The van der Waals surface area contributed by atoms with Crippen molar-refractivity contribution < 1.29 is 9.47 Å². The first kappa shape index (κ1) is 15.8. The van der Waals surface area contributed by atoms with Crippen molar-refractivity contribution in [3.63, 3.8) is 0 Å². The normalized spacial score (nSPS) is 18.7. The molecular weight excluding hydrogens is 346 g/mol. The molecule has 1 saturated carbocycles. The Kier molecular flexibility index (Phi) is 4.05. The van der Waals surface area contributed by atoms with Gasteiger partial charge >= 0.3 is 0 Å². The monoisotopic (exact) mass is 365 g/mol. The first-order valence-electron chi connectivity index (χ1n) is 8.90. The van der Waals surface area contributed by atoms with E-state index in [-0.39, 0.29) is 6.10 Å². The topological polar surface area (TPSA) is 49.2 Å². The number of fused-ring (bicyclic) bond motifs is 1. The number of thioether (sulfide) groups is 1. The second kappa shape index (κ2) is 6.68. The highest BCUT2D eigenvalue weighted by Gasteiger charge is 2.31. The predicted octanol–water partition coefficient (Wildman–Crippen LogP) is 4.08. The summed E-state index contributed by atoms with van der Waals surface area (Å²) in [6.45, 7) is 0.554. The van der Waals surface area contributed by atoms with E-state index in [9.17, 15) is 0 Å². The Morgan fingerprint density at radius 1 is 1.00 bits per heavy atom. The molecule has 1 unspecified atom stereocenters. The zero-order valence-corrected chi connectivity index (χ0v) is 15.1. The maximum Gasteiger partial charge on any atom is 0.209 e. The molecule has 26 heavy (non-hydrogen) atoms. The van der Waals surface area contributed by atoms with Crippen LogP contribution in [0.3, 0.4) is 0 Å². The Bertz CT molecular complexity index is 908. The molecule has 2 heterocycles. The summed E-state index contributed by atoms with van der Waals surface area (Å²) in [5, 5.41) is 5.55. The van der Waals surface area contributed by atoms with Crippen LogP contribution in [-0.4, -0.2) is 33.2 Å². The van der Waals surface area contributed by atoms with Gasteiger partial charge in [-0.05, 0) is 37.1 Å². The number of benzene rings is 2. The van der Waals surface area contributed by atoms with Crippen LogP contribution < -0.4 is 9.47 Å². The third-order valence-electron chi connectivity index (χ3n) is 4.52. The molecule has 2 aliphatic rings. The van der Waals surface area contributed by atoms with Gasteiger partial charge in [0.2, 0.25) is 5.16 Å². The molecule has 0 bridgehead atoms. The standard InChI is InChI=1S/C20H19N3O2S/c1-2-6-15(7-3-1)23-19(14-10-11-14)21-20(22-23)26-13-16-12-24-17-8-4-5-9-18(17)25-16/h1-9,14,16H,10-13H2. The number of hydrogen-bond acceptors (Lipinski definition) is 5. The molecule has 1 atom stereocenters. The average molecular weight is 365 g/mol. The SMILES string of the molecule is c1ccc(-n2nc(SCC3COc4ccccc4O3)nc2C2CC2)cc1. The minimum atomic E-state index is 0.00273. The fourth-order valence-corrected chi connectivity index (χ4v) is 3.84. The molecule has 3 aromatic rings. The molecule has 5 nitrogen and oxygen atoms in total. The number of rotatable bonds is 5. The van der Waals surface area contributed by atoms with Crippen LogP contribution in [0.4, 0.5) is 0 Å². The van der Waals surface area contributed by atoms with E-state index >= 15 is 0 Å². The quantitative estimate of drug-likeness (QED) is 0.638. The molecule has 5 rings (SSSR count). The predicted molar refractivity (Wildman–Crippen MR) is 100 cm³/mol. The Morgan fingerprint density at radius 3 is 2.58 bits per heavy atom. The third-order valence-corrected chi connectivity index (χ3v) is 5.49. The maximum absolute atomic E-state index is 6.03. The van der Waals surface area contributed by atoms with E-state index in [1.54, 1.807) is 11.8 Å². The highest BCUT2D eigenvalue weighted by atomic mass is 32.2. The summed E-state index contributed by atoms with van der Waals surface area (Å²) in [7, 11) is 0. The van der Waals surface area contributed by atoms with Crippen LogP contribution in [0.25, 0.3) is 5.69 Å². The van der Waals surface area contributed by atoms with Crippen LogP contribution in [0.2, 0.25) is 0 Å². The van der Waals surface area contributed by atoms with Gasteiger partial charge in [-0.3, -0.25) is 0 Å². The lowest BCUT2D eigenvalue weighted by molar-refractivity contribution is 0.107. The second-order valence-corrected chi connectivity index (χ2v) is 7.57. The van der Waals surface area contributed by atoms with Crippen molar-refractivity contribution in [2.75, 3.05) is 12.4 Å². The molecular formula is C20H19N3O2S. The van der Waals surface area contributed by atoms with Crippen molar-refractivity contribution in [1.29, 1.82) is 0 Å². The Labute approximate surface area is 156 Å². The number of para-hydroxylation sites is 3. The van der Waals surface area contributed by atoms with Gasteiger partial charge in [-0.25, -0.2) is 9.67 Å². The summed E-state index contributed by atoms with van der Waals surface area (Å²) < 4.78 is 13.8. The molecule has 0 saturated heterocycles. The van der Waals surface area contributed by atoms with Crippen molar-refractivity contribution in [2.24, 2.45) is 0 Å². The Hall–Kier alpha value is -2.47. The minimum Gasteiger partial charge on any atom is -0.486 e. The lowest BCUT2D eigenvalue weighted by Crippen LogP contribution is -2.31. The smallest absolute Gasteiger partial charge is 0.209 e. The molecule has 0 N–H and O–H groups in total. The van der Waals surface area contributed by atoms with E-state index in [2.05, 4.69) is 12.1 Å². The molecule has 2 aromatic carbocycles. The van der Waals surface area contributed by atoms with Gasteiger partial charge in [0.25, 0.3) is 0 Å². The summed E-state index contributed by atoms with van der Waals surface area (Å²) in [4.78, 5) is 4.80. The van der Waals surface area contributed by atoms with Crippen LogP contribution in [0.15, 0.2) is 59.8 Å². The largest absolute Gasteiger partial charge is 0.486 e. The van der Waals surface area contributed by atoms with Gasteiger partial charge in [-0.2, -0.15) is 0 Å². The molecule has 6 heteroatoms. The summed E-state index contributed by atoms with van der Waals surface area (Å²) in [6, 6.07) is 18.0. The molecule has 1 aromatic heterocycles. The minimum absolute atomic E-state index is 0.00273. The molecule has 1 aliphatic heterocycles. The van der Waals surface area contributed by atoms with Crippen LogP contribution in [0.1, 0.15) is 24.6 Å². The summed E-state index contributed by atoms with van der Waals surface area (Å²) in [5.74, 6) is 4.00. The van der Waals surface area contributed by atoms with Crippen molar-refractivity contribution in [3.8, 4) is 17.2 Å². The third kappa shape index (κ3) is 3.17. The molecule has 1 aliphatic carbocycles. The average Bonchev–Trinajstić information content (AvgIpc) is 3.46. The van der Waals surface area contributed by atoms with Gasteiger partial charge in [0, 0.05) is 11.7 Å². The van der Waals surface area contributed by atoms with Gasteiger partial charge in [-0.15, -0.1) is 5.10 Å². The van der Waals surface area contributed by atoms with Gasteiger partial charge in [-0.1, -0.05) is 42.1 Å². The van der Waals surface area contributed by atoms with Crippen molar-refractivity contribution >= 4 is 11.8 Å². The lowest BCUT2D eigenvalue weighted by Gasteiger charge is -2.25. The molecule has 132 valence electrons. The molecule has 0 radical (unpaired) electrons. The van der Waals surface area contributed by atoms with E-state index in [1.807, 2.05) is 47.1 Å². The summed E-state index contributed by atoms with van der Waals surface area (Å²) in [5.41, 5.74) is 1.07. The van der Waals surface area contributed by atoms with E-state index in [1.165, 1.54) is 12.8 Å². The van der Waals surface area contributed by atoms with Crippen molar-refractivity contribution in [1.82, 2.24) is 14.8 Å². The molecule has 1 fully saturated rings. The van der Waals surface area contributed by atoms with E-state index < -0.39 is 0 Å². The highest BCUT2D eigenvalue weighted by Crippen LogP contribution is 2.40. The zero-order chi connectivity index (χ0) is 17.3. The first-order chi connectivity index (χ1) is 12.9. The number of hydrogen-bond donors (Lipinski definition) is 0. The van der Waals surface area contributed by atoms with E-state index in [0.717, 1.165) is 33.9 Å². The first-order valence-corrected chi connectivity index (χ1v) is 9.89. The Morgan fingerprint density at radius 2 is 1.77 bits per heavy atom. The fraction of sp³-hybridized carbons (Fsp3) is 0.300. The van der Waals surface area contributed by atoms with Crippen LogP contribution >= 0.6 is 11.8 Å². The Balaban J connectivity index is 1.31. The van der Waals surface area contributed by atoms with Crippen molar-refractivity contribution in [3.05, 3.63) is 60.4 Å². The van der Waals surface area contributed by atoms with Crippen LogP contribution in [0.5, 0.6) is 11.5 Å². The molecule has 0 amide bonds. The van der Waals surface area contributed by atoms with Gasteiger partial charge in [0.1, 0.15) is 18.5 Å². The van der Waals surface area contributed by atoms with Crippen molar-refractivity contribution in [2.45, 2.75) is 30.0 Å². The highest BCUT2D eigenvalue weighted by molar-refractivity contribution is 7.99. The lowest BCUT2D eigenvalue weighted by atomic mass is 10.3. The van der Waals surface area contributed by atoms with Gasteiger partial charge < -0.3 is 9.47 Å². The van der Waals surface area contributed by atoms with E-state index in [0.29, 0.717) is 12.5 Å². The fourth-order valence-electron chi connectivity index (χ4n) is 3.04. The maximum atomic E-state index is 6.03.